The maximum Gasteiger partial charge on any atom is 0.128 e. The summed E-state index contributed by atoms with van der Waals surface area (Å²) >= 11 is 0. The number of allylic oxidation sites excluding steroid dienone is 3. The summed E-state index contributed by atoms with van der Waals surface area (Å²) in [5.74, 6) is 6.96. The Bertz CT molecular complexity index is 527. The zero-order chi connectivity index (χ0) is 25.5. The second-order valence-corrected chi connectivity index (χ2v) is 8.42. The first kappa shape index (κ1) is 35.1. The number of ether oxygens (including phenoxy) is 1. The van der Waals surface area contributed by atoms with Crippen molar-refractivity contribution in [1.82, 2.24) is 10.2 Å². The van der Waals surface area contributed by atoms with Crippen molar-refractivity contribution in [2.45, 2.75) is 112 Å². The van der Waals surface area contributed by atoms with Crippen LogP contribution in [0.5, 0.6) is 0 Å². The van der Waals surface area contributed by atoms with Crippen LogP contribution in [0, 0.1) is 11.8 Å². The van der Waals surface area contributed by atoms with Crippen molar-refractivity contribution in [3.05, 3.63) is 37.1 Å². The first-order chi connectivity index (χ1) is 15.3. The van der Waals surface area contributed by atoms with E-state index >= 15 is 0 Å². The molecule has 2 rings (SSSR count). The van der Waals surface area contributed by atoms with Gasteiger partial charge in [-0.1, -0.05) is 78.7 Å². The molecule has 1 aliphatic heterocycles. The third-order valence-corrected chi connectivity index (χ3v) is 4.75. The number of piperazine rings is 1. The van der Waals surface area contributed by atoms with E-state index in [0.29, 0.717) is 0 Å². The third-order valence-electron chi connectivity index (χ3n) is 4.75. The smallest absolute Gasteiger partial charge is 0.128 e. The molecule has 1 heterocycles. The first-order valence-corrected chi connectivity index (χ1v) is 12.8. The van der Waals surface area contributed by atoms with E-state index in [1.54, 1.807) is 0 Å². The maximum absolute atomic E-state index is 6.21. The Labute approximate surface area is 202 Å². The highest BCUT2D eigenvalue weighted by Gasteiger charge is 2.35. The van der Waals surface area contributed by atoms with Gasteiger partial charge in [0.1, 0.15) is 11.4 Å². The van der Waals surface area contributed by atoms with Crippen LogP contribution in [0.4, 0.5) is 0 Å². The summed E-state index contributed by atoms with van der Waals surface area (Å²) in [7, 11) is 0. The molecule has 0 spiro atoms. The predicted octanol–water partition coefficient (Wildman–Crippen LogP) is 7.75. The summed E-state index contributed by atoms with van der Waals surface area (Å²) < 4.78 is 6.21. The van der Waals surface area contributed by atoms with Crippen molar-refractivity contribution in [3.8, 4) is 11.8 Å². The Balaban J connectivity index is -0.000000652. The van der Waals surface area contributed by atoms with Crippen LogP contribution < -0.4 is 5.32 Å². The molecule has 1 saturated heterocycles. The fourth-order valence-electron chi connectivity index (χ4n) is 3.66. The van der Waals surface area contributed by atoms with E-state index in [2.05, 4.69) is 82.8 Å². The van der Waals surface area contributed by atoms with E-state index in [0.717, 1.165) is 44.8 Å². The quantitative estimate of drug-likeness (QED) is 0.318. The molecule has 0 unspecified atom stereocenters. The van der Waals surface area contributed by atoms with Gasteiger partial charge in [0, 0.05) is 50.6 Å². The Morgan fingerprint density at radius 1 is 1.00 bits per heavy atom. The van der Waals surface area contributed by atoms with Gasteiger partial charge in [-0.15, -0.1) is 13.2 Å². The van der Waals surface area contributed by atoms with Gasteiger partial charge in [0.05, 0.1) is 0 Å². The van der Waals surface area contributed by atoms with Gasteiger partial charge in [-0.05, 0) is 33.8 Å². The molecule has 188 valence electrons. The van der Waals surface area contributed by atoms with Gasteiger partial charge in [0.25, 0.3) is 0 Å². The fraction of sp³-hybridized carbons (Fsp3) is 0.724. The van der Waals surface area contributed by atoms with Gasteiger partial charge in [-0.2, -0.15) is 0 Å². The van der Waals surface area contributed by atoms with E-state index < -0.39 is 0 Å². The average molecular weight is 449 g/mol. The minimum atomic E-state index is -0.212. The molecule has 0 radical (unpaired) electrons. The zero-order valence-corrected chi connectivity index (χ0v) is 23.4. The summed E-state index contributed by atoms with van der Waals surface area (Å²) in [5, 5.41) is 3.42. The second kappa shape index (κ2) is 22.7. The SMILES string of the molecule is C=C.CC.CC.CC(C)(CC(C)(C)N1CCNCC1)OC1=CC#CCC=C1.CCCCC. The highest BCUT2D eigenvalue weighted by molar-refractivity contribution is 5.29. The molecule has 1 aliphatic carbocycles. The molecule has 1 N–H and O–H groups in total. The van der Waals surface area contributed by atoms with E-state index in [-0.39, 0.29) is 11.1 Å². The number of rotatable bonds is 7. The van der Waals surface area contributed by atoms with Crippen molar-refractivity contribution < 1.29 is 4.74 Å². The summed E-state index contributed by atoms with van der Waals surface area (Å²) in [4.78, 5) is 2.56. The zero-order valence-electron chi connectivity index (χ0n) is 23.4. The van der Waals surface area contributed by atoms with E-state index in [9.17, 15) is 0 Å². The number of nitrogens with zero attached hydrogens (tertiary/aromatic N) is 1. The predicted molar refractivity (Wildman–Crippen MR) is 147 cm³/mol. The van der Waals surface area contributed by atoms with Crippen molar-refractivity contribution in [3.63, 3.8) is 0 Å². The fourth-order valence-corrected chi connectivity index (χ4v) is 3.66. The number of hydrogen-bond donors (Lipinski definition) is 1. The molecular weight excluding hydrogens is 392 g/mol. The molecule has 0 saturated carbocycles. The largest absolute Gasteiger partial charge is 0.487 e. The molecule has 0 aromatic heterocycles. The van der Waals surface area contributed by atoms with E-state index in [4.69, 9.17) is 4.74 Å². The van der Waals surface area contributed by atoms with Gasteiger partial charge in [0.2, 0.25) is 0 Å². The highest BCUT2D eigenvalue weighted by Crippen LogP contribution is 2.30. The Kier molecular flexibility index (Phi) is 24.9. The van der Waals surface area contributed by atoms with Crippen LogP contribution >= 0.6 is 0 Å². The number of unbranched alkanes of at least 4 members (excludes halogenated alkanes) is 2. The monoisotopic (exact) mass is 448 g/mol. The minimum absolute atomic E-state index is 0.131. The number of nitrogens with one attached hydrogen (secondary N) is 1. The van der Waals surface area contributed by atoms with Gasteiger partial charge in [-0.25, -0.2) is 0 Å². The lowest BCUT2D eigenvalue weighted by Crippen LogP contribution is -2.55. The first-order valence-electron chi connectivity index (χ1n) is 12.8. The van der Waals surface area contributed by atoms with Crippen LogP contribution in [-0.2, 0) is 4.74 Å². The highest BCUT2D eigenvalue weighted by atomic mass is 16.5. The van der Waals surface area contributed by atoms with Crippen molar-refractivity contribution in [2.24, 2.45) is 0 Å². The van der Waals surface area contributed by atoms with Crippen LogP contribution in [0.3, 0.4) is 0 Å². The molecular formula is C29H56N2O. The molecule has 3 nitrogen and oxygen atoms in total. The molecule has 0 atom stereocenters. The lowest BCUT2D eigenvalue weighted by molar-refractivity contribution is -0.0218. The summed E-state index contributed by atoms with van der Waals surface area (Å²) in [6.07, 6.45) is 11.8. The van der Waals surface area contributed by atoms with Crippen molar-refractivity contribution >= 4 is 0 Å². The standard InChI is InChI=1S/C18H28N2O.C5H12.2C2H6.C2H4/c1-17(2,20-13-11-19-12-14-20)15-18(3,4)21-16-9-7-5-6-8-10-16;1-3-5-4-2;3*1-2/h7,9-10,19H,5,11-15H2,1-4H3;3-5H2,1-2H3;2*1-2H3;1-2H2. The second-order valence-electron chi connectivity index (χ2n) is 8.42. The van der Waals surface area contributed by atoms with Gasteiger partial charge < -0.3 is 10.1 Å². The molecule has 0 bridgehead atoms. The Morgan fingerprint density at radius 2 is 1.53 bits per heavy atom. The minimum Gasteiger partial charge on any atom is -0.487 e. The van der Waals surface area contributed by atoms with E-state index in [1.165, 1.54) is 19.3 Å². The van der Waals surface area contributed by atoms with Crippen LogP contribution in [0.25, 0.3) is 0 Å². The molecule has 32 heavy (non-hydrogen) atoms. The van der Waals surface area contributed by atoms with Crippen LogP contribution in [0.15, 0.2) is 37.1 Å². The lowest BCUT2D eigenvalue weighted by atomic mass is 9.87. The molecule has 1 fully saturated rings. The normalized spacial score (nSPS) is 15.1. The van der Waals surface area contributed by atoms with Crippen molar-refractivity contribution in [1.29, 1.82) is 0 Å². The van der Waals surface area contributed by atoms with Gasteiger partial charge >= 0.3 is 0 Å². The average Bonchev–Trinajstić information content (AvgIpc) is 3.07. The molecule has 0 aromatic rings. The topological polar surface area (TPSA) is 24.5 Å². The summed E-state index contributed by atoms with van der Waals surface area (Å²) in [5.41, 5.74) is -0.0805. The summed E-state index contributed by atoms with van der Waals surface area (Å²) in [6, 6.07) is 0. The Hall–Kier alpha value is -1.50. The van der Waals surface area contributed by atoms with Gasteiger partial charge in [0.15, 0.2) is 0 Å². The molecule has 3 heteroatoms. The van der Waals surface area contributed by atoms with Crippen LogP contribution in [0.1, 0.15) is 101 Å². The summed E-state index contributed by atoms with van der Waals surface area (Å²) in [6.45, 7) is 31.8. The van der Waals surface area contributed by atoms with E-state index in [1.807, 2.05) is 39.8 Å². The Morgan fingerprint density at radius 3 is 2.00 bits per heavy atom. The van der Waals surface area contributed by atoms with Gasteiger partial charge in [-0.3, -0.25) is 4.90 Å². The molecule has 0 aromatic carbocycles. The maximum atomic E-state index is 6.21. The van der Waals surface area contributed by atoms with Crippen molar-refractivity contribution in [2.75, 3.05) is 26.2 Å². The molecule has 0 amide bonds. The lowest BCUT2D eigenvalue weighted by Gasteiger charge is -2.45. The van der Waals surface area contributed by atoms with Crippen LogP contribution in [0.2, 0.25) is 0 Å². The molecule has 2 aliphatic rings. The third kappa shape index (κ3) is 18.1. The van der Waals surface area contributed by atoms with Crippen LogP contribution in [-0.4, -0.2) is 42.2 Å². The number of hydrogen-bond acceptors (Lipinski definition) is 3.